The number of nitrogens with zero attached hydrogens (tertiary/aromatic N) is 2. The zero-order chi connectivity index (χ0) is 14.6. The van der Waals surface area contributed by atoms with Crippen molar-refractivity contribution in [3.8, 4) is 6.07 Å². The number of rotatable bonds is 4. The predicted molar refractivity (Wildman–Crippen MR) is 72.0 cm³/mol. The second-order valence-corrected chi connectivity index (χ2v) is 4.01. The summed E-state index contributed by atoms with van der Waals surface area (Å²) in [6, 6.07) is 3.96. The van der Waals surface area contributed by atoms with Crippen LogP contribution in [-0.4, -0.2) is 22.6 Å². The van der Waals surface area contributed by atoms with E-state index in [4.69, 9.17) is 44.7 Å². The third-order valence-corrected chi connectivity index (χ3v) is 2.73. The van der Waals surface area contributed by atoms with Gasteiger partial charge in [-0.3, -0.25) is 10.8 Å². The number of carboxylic acids is 1. The van der Waals surface area contributed by atoms with Gasteiger partial charge in [0, 0.05) is 0 Å². The number of carbonyl (C=O) groups is 1. The van der Waals surface area contributed by atoms with Crippen molar-refractivity contribution in [2.45, 2.75) is 0 Å². The summed E-state index contributed by atoms with van der Waals surface area (Å²) >= 11 is 11.6. The average Bonchev–Trinajstić information content (AvgIpc) is 2.34. The molecule has 0 amide bonds. The molecule has 5 N–H and O–H groups in total. The zero-order valence-electron chi connectivity index (χ0n) is 9.24. The van der Waals surface area contributed by atoms with Gasteiger partial charge >= 0.3 is 5.97 Å². The molecule has 9 heteroatoms. The number of hydrogen-bond acceptors (Lipinski definition) is 5. The maximum absolute atomic E-state index is 10.8. The van der Waals surface area contributed by atoms with E-state index >= 15 is 0 Å². The summed E-state index contributed by atoms with van der Waals surface area (Å²) in [6.07, 6.45) is 0. The Bertz CT molecular complexity index is 621. The lowest BCUT2D eigenvalue weighted by Gasteiger charge is -2.07. The summed E-state index contributed by atoms with van der Waals surface area (Å²) in [4.78, 5) is 10.8. The van der Waals surface area contributed by atoms with Crippen molar-refractivity contribution in [2.75, 3.05) is 5.43 Å². The Hall–Kier alpha value is -2.30. The fourth-order valence-corrected chi connectivity index (χ4v) is 1.43. The van der Waals surface area contributed by atoms with E-state index in [0.29, 0.717) is 0 Å². The quantitative estimate of drug-likeness (QED) is 0.382. The van der Waals surface area contributed by atoms with Crippen LogP contribution in [-0.2, 0) is 0 Å². The van der Waals surface area contributed by atoms with Crippen LogP contribution in [0.25, 0.3) is 0 Å². The summed E-state index contributed by atoms with van der Waals surface area (Å²) < 4.78 is 0. The largest absolute Gasteiger partial charge is 0.478 e. The zero-order valence-corrected chi connectivity index (χ0v) is 10.7. The van der Waals surface area contributed by atoms with E-state index in [1.165, 1.54) is 12.1 Å². The summed E-state index contributed by atoms with van der Waals surface area (Å²) in [5, 5.41) is 28.2. The average molecular weight is 300 g/mol. The fraction of sp³-hybridized carbons (Fsp3) is 0. The number of aromatic carboxylic acids is 1. The second-order valence-electron chi connectivity index (χ2n) is 3.22. The fourth-order valence-electron chi connectivity index (χ4n) is 1.06. The first-order valence-electron chi connectivity index (χ1n) is 4.67. The number of nitriles is 1. The Morgan fingerprint density at radius 2 is 2.16 bits per heavy atom. The number of amidine groups is 1. The van der Waals surface area contributed by atoms with Gasteiger partial charge in [-0.1, -0.05) is 23.2 Å². The molecule has 1 rings (SSSR count). The molecule has 0 aliphatic carbocycles. The van der Waals surface area contributed by atoms with Crippen LogP contribution in [0.4, 0.5) is 5.69 Å². The Morgan fingerprint density at radius 1 is 1.53 bits per heavy atom. The molecule has 7 nitrogen and oxygen atoms in total. The third kappa shape index (κ3) is 3.58. The monoisotopic (exact) mass is 299 g/mol. The van der Waals surface area contributed by atoms with Crippen LogP contribution in [0.3, 0.4) is 0 Å². The van der Waals surface area contributed by atoms with Crippen molar-refractivity contribution in [3.63, 3.8) is 0 Å². The Morgan fingerprint density at radius 3 is 2.63 bits per heavy atom. The van der Waals surface area contributed by atoms with Crippen LogP contribution in [0.5, 0.6) is 0 Å². The molecule has 1 aromatic rings. The van der Waals surface area contributed by atoms with Crippen molar-refractivity contribution in [3.05, 3.63) is 27.7 Å². The number of nitrogens with one attached hydrogen (secondary N) is 2. The Kier molecular flexibility index (Phi) is 4.69. The van der Waals surface area contributed by atoms with E-state index < -0.39 is 11.8 Å². The van der Waals surface area contributed by atoms with Gasteiger partial charge in [-0.05, 0) is 12.1 Å². The van der Waals surface area contributed by atoms with Gasteiger partial charge in [0.1, 0.15) is 6.07 Å². The molecule has 0 heterocycles. The van der Waals surface area contributed by atoms with Crippen LogP contribution in [0.1, 0.15) is 10.4 Å². The van der Waals surface area contributed by atoms with Crippen molar-refractivity contribution in [1.82, 2.24) is 0 Å². The lowest BCUT2D eigenvalue weighted by molar-refractivity contribution is 0.0697. The second kappa shape index (κ2) is 6.04. The molecule has 0 radical (unpaired) electrons. The number of nitrogens with two attached hydrogens (primary N) is 1. The Balaban J connectivity index is 3.18. The standard InChI is InChI=1S/C10H7Cl2N5O2/c11-5-1-4(10(18)19)2-6(8(5)12)16-17-7(3-13)9(14)15/h1-2,16H,(H3,14,15)(H,18,19)/b17-7+. The molecule has 0 fully saturated rings. The summed E-state index contributed by atoms with van der Waals surface area (Å²) in [7, 11) is 0. The van der Waals surface area contributed by atoms with Crippen molar-refractivity contribution >= 4 is 46.4 Å². The minimum Gasteiger partial charge on any atom is -0.478 e. The molecule has 0 atom stereocenters. The summed E-state index contributed by atoms with van der Waals surface area (Å²) in [5.74, 6) is -1.73. The summed E-state index contributed by atoms with van der Waals surface area (Å²) in [5.41, 5.74) is 7.05. The number of hydrogen-bond donors (Lipinski definition) is 4. The van der Waals surface area contributed by atoms with Gasteiger partial charge in [0.2, 0.25) is 5.71 Å². The molecule has 19 heavy (non-hydrogen) atoms. The number of anilines is 1. The first-order valence-corrected chi connectivity index (χ1v) is 5.43. The lowest BCUT2D eigenvalue weighted by atomic mass is 10.2. The molecule has 0 saturated heterocycles. The molecule has 0 saturated carbocycles. The van der Waals surface area contributed by atoms with Crippen LogP contribution < -0.4 is 11.2 Å². The highest BCUT2D eigenvalue weighted by atomic mass is 35.5. The minimum absolute atomic E-state index is 0.0144. The lowest BCUT2D eigenvalue weighted by Crippen LogP contribution is -2.21. The number of benzene rings is 1. The highest BCUT2D eigenvalue weighted by Gasteiger charge is 2.12. The van der Waals surface area contributed by atoms with Gasteiger partial charge in [-0.2, -0.15) is 10.4 Å². The predicted octanol–water partition coefficient (Wildman–Crippen LogP) is 1.92. The molecule has 0 spiro atoms. The van der Waals surface area contributed by atoms with Gasteiger partial charge in [0.25, 0.3) is 0 Å². The first kappa shape index (κ1) is 14.8. The van der Waals surface area contributed by atoms with Crippen LogP contribution in [0.2, 0.25) is 10.0 Å². The number of carboxylic acid groups (broad SMARTS) is 1. The minimum atomic E-state index is -1.20. The van der Waals surface area contributed by atoms with E-state index in [9.17, 15) is 4.79 Å². The molecule has 1 aromatic carbocycles. The molecule has 0 unspecified atom stereocenters. The van der Waals surface area contributed by atoms with Gasteiger partial charge in [0.05, 0.1) is 21.3 Å². The van der Waals surface area contributed by atoms with E-state index in [2.05, 4.69) is 10.5 Å². The van der Waals surface area contributed by atoms with Gasteiger partial charge < -0.3 is 10.8 Å². The third-order valence-electron chi connectivity index (χ3n) is 1.92. The molecule has 0 aromatic heterocycles. The first-order chi connectivity index (χ1) is 8.86. The highest BCUT2D eigenvalue weighted by molar-refractivity contribution is 6.46. The van der Waals surface area contributed by atoms with Crippen molar-refractivity contribution in [2.24, 2.45) is 10.8 Å². The van der Waals surface area contributed by atoms with Gasteiger partial charge in [-0.25, -0.2) is 4.79 Å². The van der Waals surface area contributed by atoms with Crippen molar-refractivity contribution < 1.29 is 9.90 Å². The Labute approximate surface area is 117 Å². The topological polar surface area (TPSA) is 135 Å². The SMILES string of the molecule is N#C/C(=N\Nc1cc(C(=O)O)cc(Cl)c1Cl)C(=N)N. The normalized spacial score (nSPS) is 10.7. The molecule has 0 aliphatic heterocycles. The number of hydrazone groups is 1. The summed E-state index contributed by atoms with van der Waals surface area (Å²) in [6.45, 7) is 0. The van der Waals surface area contributed by atoms with Crippen LogP contribution in [0.15, 0.2) is 17.2 Å². The maximum atomic E-state index is 10.8. The van der Waals surface area contributed by atoms with E-state index in [-0.39, 0.29) is 27.0 Å². The van der Waals surface area contributed by atoms with Crippen LogP contribution in [0, 0.1) is 16.7 Å². The van der Waals surface area contributed by atoms with E-state index in [1.807, 2.05) is 0 Å². The highest BCUT2D eigenvalue weighted by Crippen LogP contribution is 2.31. The van der Waals surface area contributed by atoms with Gasteiger partial charge in [-0.15, -0.1) is 0 Å². The van der Waals surface area contributed by atoms with Crippen LogP contribution >= 0.6 is 23.2 Å². The molecule has 98 valence electrons. The molecular formula is C10H7Cl2N5O2. The molecule has 0 bridgehead atoms. The molecule has 0 aliphatic rings. The van der Waals surface area contributed by atoms with Crippen molar-refractivity contribution in [1.29, 1.82) is 10.7 Å². The smallest absolute Gasteiger partial charge is 0.335 e. The number of halogens is 2. The van der Waals surface area contributed by atoms with E-state index in [0.717, 1.165) is 0 Å². The molecular weight excluding hydrogens is 293 g/mol. The maximum Gasteiger partial charge on any atom is 0.335 e. The van der Waals surface area contributed by atoms with E-state index in [1.54, 1.807) is 6.07 Å². The van der Waals surface area contributed by atoms with Gasteiger partial charge in [0.15, 0.2) is 5.84 Å².